The number of aldehydes is 1. The molecule has 0 amide bonds. The summed E-state index contributed by atoms with van der Waals surface area (Å²) in [4.78, 5) is 9.17. The second kappa shape index (κ2) is 40.7. The van der Waals surface area contributed by atoms with Crippen molar-refractivity contribution in [2.24, 2.45) is 0 Å². The van der Waals surface area contributed by atoms with E-state index >= 15 is 0 Å². The van der Waals surface area contributed by atoms with Crippen LogP contribution < -0.4 is 0 Å². The molecule has 0 rings (SSSR count). The zero-order chi connectivity index (χ0) is 6.83. The van der Waals surface area contributed by atoms with E-state index in [1.807, 2.05) is 19.9 Å². The second-order valence-corrected chi connectivity index (χ2v) is 1.09. The molecule has 0 unspecified atom stereocenters. The van der Waals surface area contributed by atoms with Crippen molar-refractivity contribution in [2.75, 3.05) is 0 Å². The second-order valence-electron chi connectivity index (χ2n) is 1.09. The van der Waals surface area contributed by atoms with Crippen molar-refractivity contribution in [3.63, 3.8) is 0 Å². The number of nitrogens with zero attached hydrogens (tertiary/aromatic N) is 1. The van der Waals surface area contributed by atoms with Gasteiger partial charge in [-0.2, -0.15) is 5.26 Å². The van der Waals surface area contributed by atoms with Crippen molar-refractivity contribution in [3.8, 4) is 6.07 Å². The number of hydrogen-bond acceptors (Lipinski definition) is 2. The maximum Gasteiger partial charge on any atom is 0.119 e. The van der Waals surface area contributed by atoms with Crippen LogP contribution in [0.4, 0.5) is 0 Å². The largest absolute Gasteiger partial charge is 0.303 e. The molecule has 0 aliphatic carbocycles. The maximum absolute atomic E-state index is 9.17. The topological polar surface area (TPSA) is 40.9 Å². The molecule has 6 radical (unpaired) electrons. The normalized spacial score (nSPS) is 4.50. The highest BCUT2D eigenvalue weighted by Crippen LogP contribution is 1.58. The summed E-state index contributed by atoms with van der Waals surface area (Å²) in [6.07, 6.45) is 2.14. The van der Waals surface area contributed by atoms with Gasteiger partial charge in [-0.3, -0.25) is 0 Å². The average Bonchev–Trinajstić information content (AvgIpc) is 1.88. The third-order valence-electron chi connectivity index (χ3n) is 0.325. The Hall–Kier alpha value is -0.710. The van der Waals surface area contributed by atoms with Gasteiger partial charge in [-0.25, -0.2) is 0 Å². The first-order valence-corrected chi connectivity index (χ1v) is 2.64. The van der Waals surface area contributed by atoms with Gasteiger partial charge in [0, 0.05) is 29.7 Å². The fourth-order valence-electron chi connectivity index (χ4n) is 0. The lowest BCUT2D eigenvalue weighted by Gasteiger charge is -1.51. The molecule has 0 aromatic heterocycles. The van der Waals surface area contributed by atoms with Crippen molar-refractivity contribution in [1.29, 1.82) is 5.26 Å². The highest BCUT2D eigenvalue weighted by Gasteiger charge is 1.52. The zero-order valence-corrected chi connectivity index (χ0v) is 6.50. The molecule has 0 spiro atoms. The summed E-state index contributed by atoms with van der Waals surface area (Å²) >= 11 is 0. The molecule has 0 atom stereocenters. The smallest absolute Gasteiger partial charge is 0.119 e. The summed E-state index contributed by atoms with van der Waals surface area (Å²) in [6.45, 7) is 3.63. The van der Waals surface area contributed by atoms with Gasteiger partial charge >= 0.3 is 0 Å². The number of hydrogen-bond donors (Lipinski definition) is 0. The van der Waals surface area contributed by atoms with E-state index in [0.29, 0.717) is 12.8 Å². The summed E-state index contributed by atoms with van der Waals surface area (Å²) in [5.74, 6) is 0. The Labute approximate surface area is 66.8 Å². The molecule has 0 heterocycles. The van der Waals surface area contributed by atoms with Crippen molar-refractivity contribution >= 4 is 23.1 Å². The predicted octanol–water partition coefficient (Wildman–Crippen LogP) is 0.754. The van der Waals surface area contributed by atoms with Gasteiger partial charge in [-0.15, -0.1) is 0 Å². The number of carbonyl (C=O) groups is 1. The highest BCUT2D eigenvalue weighted by molar-refractivity contribution is 5.76. The van der Waals surface area contributed by atoms with Gasteiger partial charge in [0.05, 0.1) is 6.07 Å². The van der Waals surface area contributed by atoms with E-state index in [-0.39, 0.29) is 16.8 Å². The Balaban J connectivity index is -0.0000000300. The Bertz CT molecular complexity index is 80.3. The van der Waals surface area contributed by atoms with Gasteiger partial charge in [-0.1, -0.05) is 13.8 Å². The van der Waals surface area contributed by atoms with E-state index in [2.05, 4.69) is 0 Å². The van der Waals surface area contributed by atoms with Crippen LogP contribution in [-0.4, -0.2) is 23.1 Å². The van der Waals surface area contributed by atoms with Gasteiger partial charge in [0.2, 0.25) is 0 Å². The number of carbonyl (C=O) groups excluding carboxylic acids is 1. The highest BCUT2D eigenvalue weighted by atomic mass is 16.1. The van der Waals surface area contributed by atoms with Crippen LogP contribution >= 0.6 is 0 Å². The molecule has 0 saturated heterocycles. The molecule has 52 valence electrons. The first-order valence-electron chi connectivity index (χ1n) is 2.64. The van der Waals surface area contributed by atoms with Crippen LogP contribution in [0.2, 0.25) is 0 Å². The van der Waals surface area contributed by atoms with Crippen LogP contribution in [0.1, 0.15) is 26.7 Å². The SMILES string of the molecule is CCC#N.CCC=O.[B].[B]. The molecular weight excluding hydrogens is 124 g/mol. The molecule has 0 aromatic carbocycles. The van der Waals surface area contributed by atoms with Gasteiger partial charge in [0.1, 0.15) is 6.29 Å². The molecule has 2 nitrogen and oxygen atoms in total. The van der Waals surface area contributed by atoms with Gasteiger partial charge in [-0.05, 0) is 0 Å². The zero-order valence-electron chi connectivity index (χ0n) is 6.50. The minimum atomic E-state index is 0. The Kier molecular flexibility index (Phi) is 92.9. The lowest BCUT2D eigenvalue weighted by molar-refractivity contribution is -0.107. The van der Waals surface area contributed by atoms with Crippen LogP contribution in [-0.2, 0) is 4.79 Å². The molecule has 0 aromatic rings. The summed E-state index contributed by atoms with van der Waals surface area (Å²) < 4.78 is 0. The van der Waals surface area contributed by atoms with Crippen LogP contribution in [0.3, 0.4) is 0 Å². The van der Waals surface area contributed by atoms with E-state index in [1.165, 1.54) is 0 Å². The van der Waals surface area contributed by atoms with Gasteiger partial charge in [0.25, 0.3) is 0 Å². The first-order chi connectivity index (χ1) is 3.83. The van der Waals surface area contributed by atoms with E-state index < -0.39 is 0 Å². The predicted molar refractivity (Wildman–Crippen MR) is 43.8 cm³/mol. The van der Waals surface area contributed by atoms with Crippen molar-refractivity contribution in [2.45, 2.75) is 26.7 Å². The van der Waals surface area contributed by atoms with Crippen LogP contribution in [0.5, 0.6) is 0 Å². The van der Waals surface area contributed by atoms with Crippen LogP contribution in [0.15, 0.2) is 0 Å². The fourth-order valence-corrected chi connectivity index (χ4v) is 0. The van der Waals surface area contributed by atoms with E-state index in [0.717, 1.165) is 6.29 Å². The first kappa shape index (κ1) is 22.8. The molecule has 0 N–H and O–H groups in total. The molecule has 0 fully saturated rings. The third-order valence-corrected chi connectivity index (χ3v) is 0.325. The Morgan fingerprint density at radius 3 is 1.60 bits per heavy atom. The number of rotatable bonds is 1. The van der Waals surface area contributed by atoms with E-state index in [4.69, 9.17) is 5.26 Å². The summed E-state index contributed by atoms with van der Waals surface area (Å²) in [7, 11) is 0. The third kappa shape index (κ3) is 173. The molecule has 4 heteroatoms. The minimum absolute atomic E-state index is 0. The average molecular weight is 135 g/mol. The van der Waals surface area contributed by atoms with E-state index in [9.17, 15) is 4.79 Å². The number of nitriles is 1. The van der Waals surface area contributed by atoms with E-state index in [1.54, 1.807) is 0 Å². The maximum atomic E-state index is 9.17. The summed E-state index contributed by atoms with van der Waals surface area (Å²) in [6, 6.07) is 1.93. The minimum Gasteiger partial charge on any atom is -0.303 e. The van der Waals surface area contributed by atoms with Crippen molar-refractivity contribution in [3.05, 3.63) is 0 Å². The summed E-state index contributed by atoms with van der Waals surface area (Å²) in [5.41, 5.74) is 0. The quantitative estimate of drug-likeness (QED) is 0.393. The monoisotopic (exact) mass is 135 g/mol. The Morgan fingerprint density at radius 1 is 1.40 bits per heavy atom. The van der Waals surface area contributed by atoms with Crippen molar-refractivity contribution < 1.29 is 4.79 Å². The van der Waals surface area contributed by atoms with Crippen LogP contribution in [0.25, 0.3) is 0 Å². The molecule has 0 aliphatic heterocycles. The summed E-state index contributed by atoms with van der Waals surface area (Å²) in [5, 5.41) is 7.62. The molecule has 0 aliphatic rings. The van der Waals surface area contributed by atoms with Crippen molar-refractivity contribution in [1.82, 2.24) is 0 Å². The lowest BCUT2D eigenvalue weighted by Crippen LogP contribution is -1.55. The van der Waals surface area contributed by atoms with Gasteiger partial charge in [0.15, 0.2) is 0 Å². The lowest BCUT2D eigenvalue weighted by atomic mass is 10.6. The van der Waals surface area contributed by atoms with Gasteiger partial charge < -0.3 is 4.79 Å². The molecule has 0 bridgehead atoms. The molecule has 10 heavy (non-hydrogen) atoms. The van der Waals surface area contributed by atoms with Crippen LogP contribution in [0, 0.1) is 11.3 Å². The Morgan fingerprint density at radius 2 is 1.60 bits per heavy atom. The fraction of sp³-hybridized carbons (Fsp3) is 0.667. The molecular formula is C6H11B2NO. The standard InChI is InChI=1S/C3H5N.C3H6O.2B/c2*1-2-3-4;;/h2H2,1H3;3H,2H2,1H3;;. The molecule has 0 saturated carbocycles.